The zero-order chi connectivity index (χ0) is 14.8. The highest BCUT2D eigenvalue weighted by atomic mass is 35.7. The van der Waals surface area contributed by atoms with Crippen molar-refractivity contribution < 1.29 is 13.2 Å². The van der Waals surface area contributed by atoms with E-state index >= 15 is 0 Å². The van der Waals surface area contributed by atoms with E-state index in [9.17, 15) is 8.42 Å². The standard InChI is InChI=1S/C14H21ClO3S/c1-9(2)6-7-18-14-10(3)8-13(19(15,16)17)11(4)12(14)5/h8-9H,6-7H2,1-5H3. The van der Waals surface area contributed by atoms with Crippen LogP contribution in [0, 0.1) is 26.7 Å². The molecule has 1 rings (SSSR count). The molecule has 0 saturated carbocycles. The summed E-state index contributed by atoms with van der Waals surface area (Å²) < 4.78 is 28.8. The van der Waals surface area contributed by atoms with Crippen LogP contribution in [-0.2, 0) is 9.05 Å². The Hall–Kier alpha value is -0.740. The van der Waals surface area contributed by atoms with Gasteiger partial charge in [0.1, 0.15) is 5.75 Å². The molecule has 3 nitrogen and oxygen atoms in total. The predicted molar refractivity (Wildman–Crippen MR) is 78.6 cm³/mol. The van der Waals surface area contributed by atoms with E-state index in [-0.39, 0.29) is 4.90 Å². The maximum absolute atomic E-state index is 11.5. The fourth-order valence-corrected chi connectivity index (χ4v) is 3.21. The van der Waals surface area contributed by atoms with Gasteiger partial charge in [0, 0.05) is 10.7 Å². The largest absolute Gasteiger partial charge is 0.493 e. The summed E-state index contributed by atoms with van der Waals surface area (Å²) in [5, 5.41) is 0. The third kappa shape index (κ3) is 4.11. The van der Waals surface area contributed by atoms with Crippen LogP contribution in [0.15, 0.2) is 11.0 Å². The van der Waals surface area contributed by atoms with Gasteiger partial charge in [0.2, 0.25) is 0 Å². The molecule has 0 aliphatic heterocycles. The van der Waals surface area contributed by atoms with Gasteiger partial charge in [0.05, 0.1) is 11.5 Å². The fraction of sp³-hybridized carbons (Fsp3) is 0.571. The third-order valence-electron chi connectivity index (χ3n) is 3.18. The summed E-state index contributed by atoms with van der Waals surface area (Å²) in [6, 6.07) is 1.58. The number of hydrogen-bond donors (Lipinski definition) is 0. The minimum Gasteiger partial charge on any atom is -0.493 e. The van der Waals surface area contributed by atoms with Gasteiger partial charge in [-0.3, -0.25) is 0 Å². The molecule has 0 amide bonds. The second-order valence-electron chi connectivity index (χ2n) is 5.24. The van der Waals surface area contributed by atoms with Crippen molar-refractivity contribution in [3.05, 3.63) is 22.8 Å². The summed E-state index contributed by atoms with van der Waals surface area (Å²) >= 11 is 0. The molecule has 5 heteroatoms. The van der Waals surface area contributed by atoms with E-state index in [1.807, 2.05) is 13.8 Å². The lowest BCUT2D eigenvalue weighted by molar-refractivity contribution is 0.285. The van der Waals surface area contributed by atoms with E-state index < -0.39 is 9.05 Å². The van der Waals surface area contributed by atoms with Crippen LogP contribution in [0.3, 0.4) is 0 Å². The average Bonchev–Trinajstić information content (AvgIpc) is 2.26. The number of halogens is 1. The van der Waals surface area contributed by atoms with Gasteiger partial charge in [-0.05, 0) is 55.9 Å². The second-order valence-corrected chi connectivity index (χ2v) is 7.77. The third-order valence-corrected chi connectivity index (χ3v) is 4.63. The van der Waals surface area contributed by atoms with Crippen molar-refractivity contribution in [1.82, 2.24) is 0 Å². The zero-order valence-electron chi connectivity index (χ0n) is 12.1. The van der Waals surface area contributed by atoms with Crippen LogP contribution < -0.4 is 4.74 Å². The van der Waals surface area contributed by atoms with Gasteiger partial charge >= 0.3 is 0 Å². The Morgan fingerprint density at radius 3 is 2.26 bits per heavy atom. The summed E-state index contributed by atoms with van der Waals surface area (Å²) in [5.74, 6) is 1.34. The smallest absolute Gasteiger partial charge is 0.261 e. The fourth-order valence-electron chi connectivity index (χ4n) is 1.89. The van der Waals surface area contributed by atoms with Crippen LogP contribution in [0.25, 0.3) is 0 Å². The van der Waals surface area contributed by atoms with Crippen LogP contribution in [0.2, 0.25) is 0 Å². The highest BCUT2D eigenvalue weighted by Gasteiger charge is 2.19. The van der Waals surface area contributed by atoms with Crippen molar-refractivity contribution >= 4 is 19.7 Å². The van der Waals surface area contributed by atoms with Gasteiger partial charge in [0.15, 0.2) is 0 Å². The highest BCUT2D eigenvalue weighted by molar-refractivity contribution is 8.13. The molecule has 0 radical (unpaired) electrons. The first-order valence-corrected chi connectivity index (χ1v) is 8.63. The van der Waals surface area contributed by atoms with Gasteiger partial charge in [-0.25, -0.2) is 8.42 Å². The Labute approximate surface area is 120 Å². The molecule has 0 fully saturated rings. The predicted octanol–water partition coefficient (Wildman–Crippen LogP) is 3.96. The van der Waals surface area contributed by atoms with Gasteiger partial charge in [-0.15, -0.1) is 0 Å². The summed E-state index contributed by atoms with van der Waals surface area (Å²) in [4.78, 5) is 0.167. The van der Waals surface area contributed by atoms with E-state index in [1.54, 1.807) is 13.0 Å². The minimum atomic E-state index is -3.71. The topological polar surface area (TPSA) is 43.4 Å². The van der Waals surface area contributed by atoms with Gasteiger partial charge in [0.25, 0.3) is 9.05 Å². The average molecular weight is 305 g/mol. The monoisotopic (exact) mass is 304 g/mol. The Morgan fingerprint density at radius 2 is 1.79 bits per heavy atom. The molecule has 0 bridgehead atoms. The zero-order valence-corrected chi connectivity index (χ0v) is 13.7. The second kappa shape index (κ2) is 6.14. The lowest BCUT2D eigenvalue weighted by Gasteiger charge is -2.16. The Kier molecular flexibility index (Phi) is 5.27. The molecule has 0 spiro atoms. The molecule has 0 aliphatic rings. The number of ether oxygens (including phenoxy) is 1. The highest BCUT2D eigenvalue weighted by Crippen LogP contribution is 2.32. The molecular formula is C14H21ClO3S. The maximum atomic E-state index is 11.5. The number of rotatable bonds is 5. The molecule has 0 unspecified atom stereocenters. The van der Waals surface area contributed by atoms with Crippen molar-refractivity contribution in [2.45, 2.75) is 45.9 Å². The van der Waals surface area contributed by atoms with Gasteiger partial charge in [-0.1, -0.05) is 13.8 Å². The molecule has 1 aromatic rings. The lowest BCUT2D eigenvalue weighted by Crippen LogP contribution is -2.06. The Bertz CT molecular complexity index is 563. The van der Waals surface area contributed by atoms with Crippen LogP contribution in [0.1, 0.15) is 37.0 Å². The van der Waals surface area contributed by atoms with Gasteiger partial charge < -0.3 is 4.74 Å². The van der Waals surface area contributed by atoms with Crippen molar-refractivity contribution in [2.24, 2.45) is 5.92 Å². The van der Waals surface area contributed by atoms with E-state index in [1.165, 1.54) is 0 Å². The minimum absolute atomic E-state index is 0.167. The van der Waals surface area contributed by atoms with Crippen LogP contribution in [-0.4, -0.2) is 15.0 Å². The number of hydrogen-bond acceptors (Lipinski definition) is 3. The number of benzene rings is 1. The summed E-state index contributed by atoms with van der Waals surface area (Å²) in [7, 11) is 1.72. The van der Waals surface area contributed by atoms with Crippen molar-refractivity contribution in [3.8, 4) is 5.75 Å². The van der Waals surface area contributed by atoms with E-state index in [2.05, 4.69) is 13.8 Å². The first kappa shape index (κ1) is 16.3. The summed E-state index contributed by atoms with van der Waals surface area (Å²) in [6.45, 7) is 10.3. The molecular weight excluding hydrogens is 284 g/mol. The SMILES string of the molecule is Cc1cc(S(=O)(=O)Cl)c(C)c(C)c1OCCC(C)C. The maximum Gasteiger partial charge on any atom is 0.261 e. The molecule has 19 heavy (non-hydrogen) atoms. The van der Waals surface area contributed by atoms with Gasteiger partial charge in [-0.2, -0.15) is 0 Å². The lowest BCUT2D eigenvalue weighted by atomic mass is 10.0. The molecule has 0 N–H and O–H groups in total. The Morgan fingerprint density at radius 1 is 1.21 bits per heavy atom. The van der Waals surface area contributed by atoms with E-state index in [0.29, 0.717) is 18.1 Å². The van der Waals surface area contributed by atoms with E-state index in [0.717, 1.165) is 23.3 Å². The van der Waals surface area contributed by atoms with Crippen LogP contribution in [0.4, 0.5) is 0 Å². The van der Waals surface area contributed by atoms with Crippen LogP contribution in [0.5, 0.6) is 5.75 Å². The molecule has 0 atom stereocenters. The first-order chi connectivity index (χ1) is 8.64. The van der Waals surface area contributed by atoms with Crippen molar-refractivity contribution in [3.63, 3.8) is 0 Å². The quantitative estimate of drug-likeness (QED) is 0.773. The van der Waals surface area contributed by atoms with E-state index in [4.69, 9.17) is 15.4 Å². The molecule has 0 aromatic heterocycles. The summed E-state index contributed by atoms with van der Waals surface area (Å²) in [5.41, 5.74) is 2.29. The molecule has 108 valence electrons. The normalized spacial score (nSPS) is 11.9. The number of aryl methyl sites for hydroxylation is 1. The molecule has 0 saturated heterocycles. The molecule has 1 aromatic carbocycles. The Balaban J connectivity index is 3.13. The molecule has 0 aliphatic carbocycles. The first-order valence-electron chi connectivity index (χ1n) is 6.32. The summed E-state index contributed by atoms with van der Waals surface area (Å²) in [6.07, 6.45) is 0.966. The van der Waals surface area contributed by atoms with Crippen molar-refractivity contribution in [2.75, 3.05) is 6.61 Å². The van der Waals surface area contributed by atoms with Crippen molar-refractivity contribution in [1.29, 1.82) is 0 Å². The molecule has 0 heterocycles. The van der Waals surface area contributed by atoms with Crippen LogP contribution >= 0.6 is 10.7 Å².